The Labute approximate surface area is 250 Å². The zero-order valence-corrected chi connectivity index (χ0v) is 23.7. The summed E-state index contributed by atoms with van der Waals surface area (Å²) >= 11 is 1.67. The van der Waals surface area contributed by atoms with Gasteiger partial charge in [-0.1, -0.05) is 91.0 Å². The van der Waals surface area contributed by atoms with Crippen molar-refractivity contribution in [1.82, 2.24) is 9.13 Å². The van der Waals surface area contributed by atoms with E-state index in [1.54, 1.807) is 11.3 Å². The van der Waals surface area contributed by atoms with Gasteiger partial charge in [0.2, 0.25) is 0 Å². The molecule has 0 atom stereocenters. The number of thiophene rings is 1. The lowest BCUT2D eigenvalue weighted by Crippen LogP contribution is -2.02. The number of hydrogen-bond donors (Lipinski definition) is 0. The molecule has 0 fully saturated rings. The Morgan fingerprint density at radius 3 is 2.07 bits per heavy atom. The van der Waals surface area contributed by atoms with Crippen molar-refractivity contribution < 1.29 is 4.79 Å². The van der Waals surface area contributed by atoms with Crippen LogP contribution in [0.25, 0.3) is 76.6 Å². The quantitative estimate of drug-likeness (QED) is 0.204. The van der Waals surface area contributed by atoms with Crippen LogP contribution in [0.15, 0.2) is 133 Å². The minimum atomic E-state index is 0.118. The number of ketones is 1. The number of fused-ring (bicyclic) bond motifs is 12. The molecule has 0 aliphatic heterocycles. The van der Waals surface area contributed by atoms with Crippen LogP contribution in [0.4, 0.5) is 0 Å². The van der Waals surface area contributed by atoms with Crippen LogP contribution in [0.3, 0.4) is 0 Å². The third-order valence-corrected chi connectivity index (χ3v) is 10.1. The van der Waals surface area contributed by atoms with Crippen LogP contribution in [0.1, 0.15) is 15.9 Å². The minimum absolute atomic E-state index is 0.118. The molecule has 10 rings (SSSR count). The van der Waals surface area contributed by atoms with Crippen molar-refractivity contribution >= 4 is 60.7 Å². The maximum atomic E-state index is 14.3. The fraction of sp³-hybridized carbons (Fsp3) is 0. The monoisotopic (exact) mass is 566 g/mol. The molecule has 3 aliphatic rings. The number of rotatable bonds is 2. The second-order valence-electron chi connectivity index (χ2n) is 11.3. The number of carbonyl (C=O) groups excluding carboxylic acids is 1. The van der Waals surface area contributed by atoms with Crippen LogP contribution in [0.2, 0.25) is 0 Å². The molecule has 0 radical (unpaired) electrons. The van der Waals surface area contributed by atoms with Gasteiger partial charge in [0.15, 0.2) is 5.78 Å². The van der Waals surface area contributed by atoms with E-state index < -0.39 is 0 Å². The first kappa shape index (κ1) is 23.1. The van der Waals surface area contributed by atoms with Crippen LogP contribution >= 0.6 is 11.3 Å². The van der Waals surface area contributed by atoms with Gasteiger partial charge in [-0.15, -0.1) is 11.3 Å². The number of nitrogens with zero attached hydrogens (tertiary/aromatic N) is 2. The molecule has 4 heteroatoms. The lowest BCUT2D eigenvalue weighted by atomic mass is 10.0. The summed E-state index contributed by atoms with van der Waals surface area (Å²) in [5.41, 5.74) is 11.5. The van der Waals surface area contributed by atoms with Crippen molar-refractivity contribution in [2.75, 3.05) is 0 Å². The highest BCUT2D eigenvalue weighted by Crippen LogP contribution is 2.51. The van der Waals surface area contributed by atoms with Crippen LogP contribution in [-0.2, 0) is 0 Å². The molecule has 43 heavy (non-hydrogen) atoms. The molecule has 0 saturated heterocycles. The number of para-hydroxylation sites is 3. The lowest BCUT2D eigenvalue weighted by molar-refractivity contribution is 0.104. The molecule has 0 amide bonds. The van der Waals surface area contributed by atoms with E-state index >= 15 is 0 Å². The number of hydrogen-bond acceptors (Lipinski definition) is 2. The van der Waals surface area contributed by atoms with Crippen molar-refractivity contribution in [1.29, 1.82) is 0 Å². The van der Waals surface area contributed by atoms with Crippen LogP contribution in [0, 0.1) is 0 Å². The molecule has 0 bridgehead atoms. The maximum absolute atomic E-state index is 14.3. The highest BCUT2D eigenvalue weighted by molar-refractivity contribution is 7.14. The van der Waals surface area contributed by atoms with Crippen molar-refractivity contribution in [3.63, 3.8) is 0 Å². The van der Waals surface area contributed by atoms with E-state index in [0.29, 0.717) is 0 Å². The zero-order chi connectivity index (χ0) is 28.2. The molecular weight excluding hydrogens is 545 g/mol. The van der Waals surface area contributed by atoms with Gasteiger partial charge >= 0.3 is 0 Å². The van der Waals surface area contributed by atoms with E-state index in [9.17, 15) is 4.79 Å². The minimum Gasteiger partial charge on any atom is -0.309 e. The molecule has 4 aromatic carbocycles. The second kappa shape index (κ2) is 8.31. The van der Waals surface area contributed by atoms with E-state index in [1.807, 2.05) is 18.2 Å². The predicted octanol–water partition coefficient (Wildman–Crippen LogP) is 10.3. The van der Waals surface area contributed by atoms with Crippen LogP contribution in [-0.4, -0.2) is 14.9 Å². The molecule has 3 aliphatic carbocycles. The fourth-order valence-corrected chi connectivity index (χ4v) is 8.44. The van der Waals surface area contributed by atoms with Gasteiger partial charge in [0, 0.05) is 48.6 Å². The number of benzene rings is 4. The summed E-state index contributed by atoms with van der Waals surface area (Å²) in [4.78, 5) is 15.3. The highest BCUT2D eigenvalue weighted by Gasteiger charge is 2.36. The van der Waals surface area contributed by atoms with Crippen molar-refractivity contribution in [2.24, 2.45) is 0 Å². The first-order chi connectivity index (χ1) is 21.3. The first-order valence-corrected chi connectivity index (χ1v) is 15.4. The smallest absolute Gasteiger partial charge is 0.197 e. The Bertz CT molecular complexity index is 2580. The summed E-state index contributed by atoms with van der Waals surface area (Å²) in [5, 5.41) is 7.00. The summed E-state index contributed by atoms with van der Waals surface area (Å²) in [6.07, 6.45) is 0. The summed E-state index contributed by atoms with van der Waals surface area (Å²) in [5.74, 6) is 0.118. The molecule has 3 nitrogen and oxygen atoms in total. The summed E-state index contributed by atoms with van der Waals surface area (Å²) in [6.45, 7) is 0. The van der Waals surface area contributed by atoms with Gasteiger partial charge < -0.3 is 9.13 Å². The van der Waals surface area contributed by atoms with E-state index in [4.69, 9.17) is 0 Å². The summed E-state index contributed by atoms with van der Waals surface area (Å²) in [6, 6.07) is 44.8. The maximum Gasteiger partial charge on any atom is 0.197 e. The average molecular weight is 567 g/mol. The largest absolute Gasteiger partial charge is 0.309 e. The SMILES string of the molecule is O=C1c2c3cccccc-3cc2-c2scc(-n3c4ccccc4c4c3ccc3c5ccccc5n(-c5ccccc5)c34)c21. The van der Waals surface area contributed by atoms with E-state index in [0.717, 1.165) is 55.1 Å². The van der Waals surface area contributed by atoms with Crippen LogP contribution in [0.5, 0.6) is 0 Å². The Morgan fingerprint density at radius 1 is 0.535 bits per heavy atom. The van der Waals surface area contributed by atoms with Crippen LogP contribution < -0.4 is 0 Å². The van der Waals surface area contributed by atoms with E-state index in [2.05, 4.69) is 124 Å². The molecule has 7 aromatic rings. The molecule has 200 valence electrons. The van der Waals surface area contributed by atoms with Crippen molar-refractivity contribution in [3.8, 4) is 32.9 Å². The van der Waals surface area contributed by atoms with Gasteiger partial charge in [-0.25, -0.2) is 0 Å². The molecule has 0 N–H and O–H groups in total. The molecule has 0 unspecified atom stereocenters. The molecule has 0 spiro atoms. The van der Waals surface area contributed by atoms with Gasteiger partial charge in [-0.2, -0.15) is 0 Å². The lowest BCUT2D eigenvalue weighted by Gasteiger charge is -2.10. The molecule has 3 heterocycles. The third-order valence-electron chi connectivity index (χ3n) is 9.11. The molecular formula is C39H22N2OS. The van der Waals surface area contributed by atoms with E-state index in [1.165, 1.54) is 32.6 Å². The third kappa shape index (κ3) is 2.91. The van der Waals surface area contributed by atoms with Gasteiger partial charge in [0.25, 0.3) is 0 Å². The van der Waals surface area contributed by atoms with Crippen molar-refractivity contribution in [2.45, 2.75) is 0 Å². The van der Waals surface area contributed by atoms with Gasteiger partial charge in [-0.3, -0.25) is 4.79 Å². The van der Waals surface area contributed by atoms with Gasteiger partial charge in [-0.05, 0) is 47.5 Å². The Balaban J connectivity index is 1.33. The molecule has 0 saturated carbocycles. The highest BCUT2D eigenvalue weighted by atomic mass is 32.1. The van der Waals surface area contributed by atoms with Gasteiger partial charge in [0.1, 0.15) is 0 Å². The number of carbonyl (C=O) groups is 1. The summed E-state index contributed by atoms with van der Waals surface area (Å²) < 4.78 is 4.72. The second-order valence-corrected chi connectivity index (χ2v) is 12.1. The Morgan fingerprint density at radius 2 is 1.23 bits per heavy atom. The zero-order valence-electron chi connectivity index (χ0n) is 22.9. The Kier molecular flexibility index (Phi) is 4.47. The fourth-order valence-electron chi connectivity index (χ4n) is 7.38. The Hall–Kier alpha value is -5.45. The normalized spacial score (nSPS) is 12.7. The summed E-state index contributed by atoms with van der Waals surface area (Å²) in [7, 11) is 0. The van der Waals surface area contributed by atoms with E-state index in [-0.39, 0.29) is 5.78 Å². The molecule has 3 aromatic heterocycles. The number of aromatic nitrogens is 2. The predicted molar refractivity (Wildman–Crippen MR) is 178 cm³/mol. The topological polar surface area (TPSA) is 26.9 Å². The first-order valence-electron chi connectivity index (χ1n) is 14.5. The standard InChI is InChI=1S/C39H22N2OS/c42-38-34-25-14-6-1-3-11-23(25)21-29(34)39-36(38)33(22-43-39)41-31-18-10-8-16-28(31)35-32(41)20-19-27-26-15-7-9-17-30(26)40(37(27)35)24-12-4-2-5-13-24/h1-22H. The van der Waals surface area contributed by atoms with Crippen molar-refractivity contribution in [3.05, 3.63) is 144 Å². The van der Waals surface area contributed by atoms with Gasteiger partial charge in [0.05, 0.1) is 33.3 Å². The average Bonchev–Trinajstić information content (AvgIpc) is 3.81.